The first-order valence-corrected chi connectivity index (χ1v) is 6.42. The van der Waals surface area contributed by atoms with Crippen molar-refractivity contribution in [3.63, 3.8) is 0 Å². The van der Waals surface area contributed by atoms with Crippen LogP contribution in [0.1, 0.15) is 0 Å². The molecule has 0 aromatic carbocycles. The van der Waals surface area contributed by atoms with Crippen molar-refractivity contribution in [1.29, 1.82) is 0 Å². The summed E-state index contributed by atoms with van der Waals surface area (Å²) in [6.07, 6.45) is 0. The molecule has 2 aliphatic carbocycles. The molecule has 0 heterocycles. The maximum atomic E-state index is 11.9. The van der Waals surface area contributed by atoms with Crippen molar-refractivity contribution >= 4 is 10.1 Å². The number of methoxy groups -OCH3 is 1. The molecule has 0 atom stereocenters. The second-order valence-electron chi connectivity index (χ2n) is 3.46. The van der Waals surface area contributed by atoms with Crippen LogP contribution in [0.5, 0.6) is 0 Å². The molecule has 0 aromatic rings. The van der Waals surface area contributed by atoms with Crippen LogP contribution in [-0.4, -0.2) is 22.3 Å². The Morgan fingerprint density at radius 1 is 1.06 bits per heavy atom. The third kappa shape index (κ3) is 2.46. The largest absolute Gasteiger partial charge is 0.357 e. The van der Waals surface area contributed by atoms with E-state index in [0.717, 1.165) is 5.56 Å². The third-order valence-electron chi connectivity index (χ3n) is 2.34. The molecule has 0 radical (unpaired) electrons. The monoisotopic (exact) mass is 252 g/mol. The molecular weight excluding hydrogens is 240 g/mol. The van der Waals surface area contributed by atoms with Crippen LogP contribution in [0, 0.1) is 0 Å². The molecule has 0 aromatic heterocycles. The van der Waals surface area contributed by atoms with Gasteiger partial charge in [-0.3, -0.25) is 0 Å². The summed E-state index contributed by atoms with van der Waals surface area (Å²) in [6.45, 7) is -0.284. The average molecular weight is 252 g/mol. The van der Waals surface area contributed by atoms with Gasteiger partial charge in [0, 0.05) is 12.7 Å². The number of rotatable bonds is 4. The quantitative estimate of drug-likeness (QED) is 0.617. The maximum absolute atomic E-state index is 11.9. The molecular formula is C12H12O4S. The van der Waals surface area contributed by atoms with E-state index in [1.54, 1.807) is 18.2 Å². The van der Waals surface area contributed by atoms with Crippen molar-refractivity contribution < 1.29 is 17.3 Å². The van der Waals surface area contributed by atoms with Gasteiger partial charge in [-0.2, -0.15) is 8.42 Å². The predicted molar refractivity (Wildman–Crippen MR) is 63.2 cm³/mol. The van der Waals surface area contributed by atoms with E-state index in [-0.39, 0.29) is 11.7 Å². The molecule has 2 aliphatic rings. The summed E-state index contributed by atoms with van der Waals surface area (Å²) >= 11 is 0. The first-order chi connectivity index (χ1) is 8.15. The fourth-order valence-electron chi connectivity index (χ4n) is 1.58. The summed E-state index contributed by atoms with van der Waals surface area (Å²) in [5, 5.41) is 0. The summed E-state index contributed by atoms with van der Waals surface area (Å²) in [5.41, 5.74) is 1.50. The number of ether oxygens (including phenoxy) is 1. The van der Waals surface area contributed by atoms with Crippen LogP contribution in [0.3, 0.4) is 0 Å². The van der Waals surface area contributed by atoms with E-state index in [1.807, 2.05) is 18.2 Å². The van der Waals surface area contributed by atoms with Crippen LogP contribution in [0.15, 0.2) is 47.4 Å². The molecule has 0 amide bonds. The van der Waals surface area contributed by atoms with E-state index in [0.29, 0.717) is 5.56 Å². The summed E-state index contributed by atoms with van der Waals surface area (Å²) in [7, 11) is -2.39. The number of hydrogen-bond donors (Lipinski definition) is 0. The van der Waals surface area contributed by atoms with Gasteiger partial charge in [-0.15, -0.1) is 0 Å². The van der Waals surface area contributed by atoms with Gasteiger partial charge in [0.05, 0.1) is 0 Å². The number of hydrogen-bond acceptors (Lipinski definition) is 4. The molecule has 5 heteroatoms. The first kappa shape index (κ1) is 12.0. The molecule has 90 valence electrons. The Kier molecular flexibility index (Phi) is 3.42. The topological polar surface area (TPSA) is 52.6 Å². The van der Waals surface area contributed by atoms with Gasteiger partial charge in [-0.05, 0) is 11.6 Å². The van der Waals surface area contributed by atoms with Crippen LogP contribution in [0.25, 0.3) is 11.1 Å². The van der Waals surface area contributed by atoms with Crippen molar-refractivity contribution in [3.05, 3.63) is 42.5 Å². The maximum Gasteiger partial charge on any atom is 0.299 e. The van der Waals surface area contributed by atoms with Gasteiger partial charge in [-0.25, -0.2) is 4.18 Å². The highest BCUT2D eigenvalue weighted by Gasteiger charge is 2.21. The standard InChI is InChI=1S/C12H12O4S/c1-15-9-16-17(13,14)12-8-7-10-5-3-2-4-6-11(10)12/h2-8H,9H2,1H3. The molecule has 17 heavy (non-hydrogen) atoms. The van der Waals surface area contributed by atoms with Crippen LogP contribution in [0.4, 0.5) is 0 Å². The molecule has 0 saturated carbocycles. The minimum Gasteiger partial charge on any atom is -0.357 e. The first-order valence-electron chi connectivity index (χ1n) is 5.01. The van der Waals surface area contributed by atoms with Gasteiger partial charge in [0.25, 0.3) is 10.1 Å². The van der Waals surface area contributed by atoms with Crippen molar-refractivity contribution in [2.75, 3.05) is 13.9 Å². The Balaban J connectivity index is 2.46. The fourth-order valence-corrected chi connectivity index (χ4v) is 2.62. The normalized spacial score (nSPS) is 11.8. The Bertz CT molecular complexity index is 577. The highest BCUT2D eigenvalue weighted by Crippen LogP contribution is 2.31. The minimum atomic E-state index is -3.76. The lowest BCUT2D eigenvalue weighted by atomic mass is 10.2. The van der Waals surface area contributed by atoms with E-state index in [4.69, 9.17) is 4.18 Å². The average Bonchev–Trinajstić information content (AvgIpc) is 2.58. The molecule has 0 saturated heterocycles. The van der Waals surface area contributed by atoms with Crippen LogP contribution in [0.2, 0.25) is 0 Å². The molecule has 0 N–H and O–H groups in total. The van der Waals surface area contributed by atoms with Crippen LogP contribution < -0.4 is 0 Å². The van der Waals surface area contributed by atoms with Gasteiger partial charge in [0.15, 0.2) is 6.79 Å². The predicted octanol–water partition coefficient (Wildman–Crippen LogP) is 2.10. The van der Waals surface area contributed by atoms with Gasteiger partial charge in [0.2, 0.25) is 0 Å². The fraction of sp³-hybridized carbons (Fsp3) is 0.167. The molecule has 0 fully saturated rings. The highest BCUT2D eigenvalue weighted by molar-refractivity contribution is 7.87. The second kappa shape index (κ2) is 4.83. The SMILES string of the molecule is COCOS(=O)(=O)c1ccc2cccccc1-2. The van der Waals surface area contributed by atoms with E-state index in [2.05, 4.69) is 4.74 Å². The van der Waals surface area contributed by atoms with E-state index < -0.39 is 10.1 Å². The smallest absolute Gasteiger partial charge is 0.299 e. The Morgan fingerprint density at radius 3 is 2.59 bits per heavy atom. The minimum absolute atomic E-state index is 0.167. The zero-order valence-electron chi connectivity index (χ0n) is 9.29. The number of fused-ring (bicyclic) bond motifs is 1. The molecule has 4 nitrogen and oxygen atoms in total. The Hall–Kier alpha value is -1.43. The van der Waals surface area contributed by atoms with Crippen LogP contribution >= 0.6 is 0 Å². The summed E-state index contributed by atoms with van der Waals surface area (Å²) < 4.78 is 33.0. The third-order valence-corrected chi connectivity index (χ3v) is 3.64. The van der Waals surface area contributed by atoms with Gasteiger partial charge in [0.1, 0.15) is 4.90 Å². The molecule has 0 bridgehead atoms. The van der Waals surface area contributed by atoms with Crippen molar-refractivity contribution in [3.8, 4) is 11.1 Å². The van der Waals surface area contributed by atoms with Gasteiger partial charge < -0.3 is 4.74 Å². The lowest BCUT2D eigenvalue weighted by molar-refractivity contribution is 0.0561. The Labute approximate surface area is 100 Å². The van der Waals surface area contributed by atoms with Crippen molar-refractivity contribution in [2.24, 2.45) is 0 Å². The molecule has 0 unspecified atom stereocenters. The van der Waals surface area contributed by atoms with E-state index in [9.17, 15) is 8.42 Å². The van der Waals surface area contributed by atoms with E-state index >= 15 is 0 Å². The molecule has 0 spiro atoms. The van der Waals surface area contributed by atoms with Gasteiger partial charge in [-0.1, -0.05) is 36.4 Å². The lowest BCUT2D eigenvalue weighted by Crippen LogP contribution is -2.08. The summed E-state index contributed by atoms with van der Waals surface area (Å²) in [4.78, 5) is 0.167. The van der Waals surface area contributed by atoms with Crippen molar-refractivity contribution in [2.45, 2.75) is 4.90 Å². The summed E-state index contributed by atoms with van der Waals surface area (Å²) in [5.74, 6) is 0. The van der Waals surface area contributed by atoms with Crippen LogP contribution in [-0.2, 0) is 19.0 Å². The van der Waals surface area contributed by atoms with Gasteiger partial charge >= 0.3 is 0 Å². The summed E-state index contributed by atoms with van der Waals surface area (Å²) in [6, 6.07) is 12.4. The lowest BCUT2D eigenvalue weighted by Gasteiger charge is -2.04. The molecule has 2 rings (SSSR count). The highest BCUT2D eigenvalue weighted by atomic mass is 32.2. The second-order valence-corrected chi connectivity index (χ2v) is 5.04. The Morgan fingerprint density at radius 2 is 1.82 bits per heavy atom. The zero-order valence-corrected chi connectivity index (χ0v) is 10.1. The molecule has 0 aliphatic heterocycles. The zero-order chi connectivity index (χ0) is 12.3. The van der Waals surface area contributed by atoms with Crippen molar-refractivity contribution in [1.82, 2.24) is 0 Å². The van der Waals surface area contributed by atoms with E-state index in [1.165, 1.54) is 13.2 Å².